The minimum Gasteiger partial charge on any atom is -0.382 e. The first kappa shape index (κ1) is 23.3. The van der Waals surface area contributed by atoms with Gasteiger partial charge in [-0.15, -0.1) is 0 Å². The predicted molar refractivity (Wildman–Crippen MR) is 149 cm³/mol. The number of benzene rings is 3. The molecular weight excluding hydrogens is 474 g/mol. The molecule has 3 aromatic carbocycles. The van der Waals surface area contributed by atoms with Gasteiger partial charge in [0.1, 0.15) is 0 Å². The van der Waals surface area contributed by atoms with E-state index in [1.165, 1.54) is 0 Å². The van der Waals surface area contributed by atoms with E-state index in [2.05, 4.69) is 20.4 Å². The van der Waals surface area contributed by atoms with Crippen molar-refractivity contribution >= 4 is 33.5 Å². The Balaban J connectivity index is 1.39. The molecule has 0 fully saturated rings. The highest BCUT2D eigenvalue weighted by Crippen LogP contribution is 2.32. The van der Waals surface area contributed by atoms with Crippen molar-refractivity contribution in [2.45, 2.75) is 20.0 Å². The van der Waals surface area contributed by atoms with Crippen LogP contribution in [0.5, 0.6) is 0 Å². The number of rotatable bonds is 6. The molecule has 8 nitrogen and oxygen atoms in total. The fourth-order valence-electron chi connectivity index (χ4n) is 4.56. The maximum absolute atomic E-state index is 13.4. The summed E-state index contributed by atoms with van der Waals surface area (Å²) in [7, 11) is 0. The van der Waals surface area contributed by atoms with Crippen LogP contribution in [0.1, 0.15) is 23.0 Å². The lowest BCUT2D eigenvalue weighted by Crippen LogP contribution is -2.26. The molecule has 6 aromatic rings. The Morgan fingerprint density at radius 1 is 0.895 bits per heavy atom. The quantitative estimate of drug-likeness (QED) is 0.324. The van der Waals surface area contributed by atoms with E-state index in [4.69, 9.17) is 10.7 Å². The number of nitrogens with two attached hydrogens (primary N) is 1. The average Bonchev–Trinajstić information content (AvgIpc) is 3.40. The fourth-order valence-corrected chi connectivity index (χ4v) is 4.56. The van der Waals surface area contributed by atoms with Gasteiger partial charge in [0.05, 0.1) is 22.4 Å². The number of amides is 1. The van der Waals surface area contributed by atoms with E-state index >= 15 is 0 Å². The van der Waals surface area contributed by atoms with Crippen molar-refractivity contribution in [2.75, 3.05) is 5.73 Å². The highest BCUT2D eigenvalue weighted by atomic mass is 16.1. The number of nitrogens with one attached hydrogen (secondary N) is 1. The second kappa shape index (κ2) is 9.74. The van der Waals surface area contributed by atoms with Crippen LogP contribution < -0.4 is 11.1 Å². The topological polar surface area (TPSA) is 112 Å². The van der Waals surface area contributed by atoms with Crippen LogP contribution in [0.4, 0.5) is 5.82 Å². The van der Waals surface area contributed by atoms with Gasteiger partial charge in [0.15, 0.2) is 11.5 Å². The van der Waals surface area contributed by atoms with E-state index in [1.807, 2.05) is 96.7 Å². The van der Waals surface area contributed by atoms with Crippen LogP contribution in [-0.4, -0.2) is 30.6 Å². The second-order valence-electron chi connectivity index (χ2n) is 8.95. The second-order valence-corrected chi connectivity index (χ2v) is 8.95. The van der Waals surface area contributed by atoms with Crippen LogP contribution in [-0.2, 0) is 13.1 Å². The van der Waals surface area contributed by atoms with Crippen molar-refractivity contribution < 1.29 is 4.79 Å². The van der Waals surface area contributed by atoms with E-state index in [9.17, 15) is 4.79 Å². The lowest BCUT2D eigenvalue weighted by molar-refractivity contribution is 0.0947. The first-order chi connectivity index (χ1) is 18.6. The Bertz CT molecular complexity index is 1790. The molecule has 0 aliphatic heterocycles. The molecule has 0 radical (unpaired) electrons. The number of carbonyl (C=O) groups excluding carboxylic acids is 1. The monoisotopic (exact) mass is 499 g/mol. The SMILES string of the molecule is CCn1cc2cccc(CNC(=O)c3nc(-c4ccc5ncccc5c4)c(-c4ccccc4)nc3N)c2n1. The number of pyridine rings is 1. The van der Waals surface area contributed by atoms with E-state index in [-0.39, 0.29) is 18.1 Å². The maximum atomic E-state index is 13.4. The zero-order chi connectivity index (χ0) is 26.1. The normalized spacial score (nSPS) is 11.2. The summed E-state index contributed by atoms with van der Waals surface area (Å²) in [4.78, 5) is 27.2. The molecule has 0 saturated carbocycles. The Hall–Kier alpha value is -5.11. The van der Waals surface area contributed by atoms with Crippen LogP contribution >= 0.6 is 0 Å². The summed E-state index contributed by atoms with van der Waals surface area (Å²) in [6.45, 7) is 3.10. The van der Waals surface area contributed by atoms with Gasteiger partial charge in [-0.3, -0.25) is 14.5 Å². The molecule has 0 aliphatic carbocycles. The van der Waals surface area contributed by atoms with E-state index in [1.54, 1.807) is 6.20 Å². The molecule has 0 bridgehead atoms. The van der Waals surface area contributed by atoms with Gasteiger partial charge < -0.3 is 11.1 Å². The average molecular weight is 500 g/mol. The lowest BCUT2D eigenvalue weighted by atomic mass is 10.0. The number of fused-ring (bicyclic) bond motifs is 2. The third kappa shape index (κ3) is 4.32. The molecule has 0 atom stereocenters. The fraction of sp³-hybridized carbons (Fsp3) is 0.100. The predicted octanol–water partition coefficient (Wildman–Crippen LogP) is 5.24. The molecule has 38 heavy (non-hydrogen) atoms. The molecule has 8 heteroatoms. The number of hydrogen-bond acceptors (Lipinski definition) is 6. The van der Waals surface area contributed by atoms with Crippen molar-refractivity contribution in [2.24, 2.45) is 0 Å². The lowest BCUT2D eigenvalue weighted by Gasteiger charge is -2.14. The molecule has 0 aliphatic rings. The van der Waals surface area contributed by atoms with Crippen molar-refractivity contribution in [3.05, 3.63) is 103 Å². The van der Waals surface area contributed by atoms with Crippen LogP contribution in [0, 0.1) is 0 Å². The van der Waals surface area contributed by atoms with Gasteiger partial charge in [-0.25, -0.2) is 9.97 Å². The summed E-state index contributed by atoms with van der Waals surface area (Å²) in [6, 6.07) is 25.4. The first-order valence-corrected chi connectivity index (χ1v) is 12.4. The molecule has 3 N–H and O–H groups in total. The molecule has 0 unspecified atom stereocenters. The minimum atomic E-state index is -0.398. The number of nitrogen functional groups attached to an aromatic ring is 1. The first-order valence-electron chi connectivity index (χ1n) is 12.4. The Kier molecular flexibility index (Phi) is 5.97. The highest BCUT2D eigenvalue weighted by Gasteiger charge is 2.20. The van der Waals surface area contributed by atoms with Crippen molar-refractivity contribution in [3.8, 4) is 22.5 Å². The summed E-state index contributed by atoms with van der Waals surface area (Å²) in [5, 5.41) is 9.59. The third-order valence-corrected chi connectivity index (χ3v) is 6.49. The van der Waals surface area contributed by atoms with E-state index in [0.29, 0.717) is 11.4 Å². The zero-order valence-corrected chi connectivity index (χ0v) is 20.8. The summed E-state index contributed by atoms with van der Waals surface area (Å²) in [6.07, 6.45) is 3.76. The minimum absolute atomic E-state index is 0.0704. The number of carbonyl (C=O) groups is 1. The summed E-state index contributed by atoms with van der Waals surface area (Å²) < 4.78 is 1.88. The summed E-state index contributed by atoms with van der Waals surface area (Å²) >= 11 is 0. The van der Waals surface area contributed by atoms with Crippen LogP contribution in [0.3, 0.4) is 0 Å². The molecule has 3 heterocycles. The molecule has 0 saturated heterocycles. The number of anilines is 1. The molecule has 1 amide bonds. The van der Waals surface area contributed by atoms with Crippen molar-refractivity contribution in [1.82, 2.24) is 30.0 Å². The zero-order valence-electron chi connectivity index (χ0n) is 20.8. The van der Waals surface area contributed by atoms with Crippen molar-refractivity contribution in [1.29, 1.82) is 0 Å². The standard InChI is InChI=1S/C30H25N7O/c1-2-37-18-23-11-6-10-22(25(23)36-37)17-33-30(38)28-29(31)35-26(19-8-4-3-5-9-19)27(34-28)21-13-14-24-20(16-21)12-7-15-32-24/h3-16,18H,2,17H2,1H3,(H2,31,35)(H,33,38). The molecule has 186 valence electrons. The highest BCUT2D eigenvalue weighted by molar-refractivity contribution is 5.98. The van der Waals surface area contributed by atoms with Crippen LogP contribution in [0.2, 0.25) is 0 Å². The van der Waals surface area contributed by atoms with Gasteiger partial charge in [0, 0.05) is 47.4 Å². The van der Waals surface area contributed by atoms with Crippen molar-refractivity contribution in [3.63, 3.8) is 0 Å². The number of aryl methyl sites for hydroxylation is 1. The molecule has 0 spiro atoms. The number of aromatic nitrogens is 5. The maximum Gasteiger partial charge on any atom is 0.274 e. The Morgan fingerprint density at radius 3 is 2.55 bits per heavy atom. The molecule has 3 aromatic heterocycles. The van der Waals surface area contributed by atoms with Gasteiger partial charge >= 0.3 is 0 Å². The smallest absolute Gasteiger partial charge is 0.274 e. The van der Waals surface area contributed by atoms with Crippen LogP contribution in [0.25, 0.3) is 44.3 Å². The van der Waals surface area contributed by atoms with Crippen LogP contribution in [0.15, 0.2) is 91.3 Å². The number of nitrogens with zero attached hydrogens (tertiary/aromatic N) is 5. The van der Waals surface area contributed by atoms with Gasteiger partial charge in [0.2, 0.25) is 0 Å². The summed E-state index contributed by atoms with van der Waals surface area (Å²) in [5.41, 5.74) is 11.9. The third-order valence-electron chi connectivity index (χ3n) is 6.49. The molecular formula is C30H25N7O. The largest absolute Gasteiger partial charge is 0.382 e. The Labute approximate surface area is 219 Å². The number of hydrogen-bond donors (Lipinski definition) is 2. The van der Waals surface area contributed by atoms with E-state index in [0.717, 1.165) is 45.0 Å². The molecule has 6 rings (SSSR count). The summed E-state index contributed by atoms with van der Waals surface area (Å²) in [5.74, 6) is -0.328. The van der Waals surface area contributed by atoms with Gasteiger partial charge in [-0.1, -0.05) is 60.7 Å². The van der Waals surface area contributed by atoms with Gasteiger partial charge in [0.25, 0.3) is 5.91 Å². The van der Waals surface area contributed by atoms with E-state index < -0.39 is 5.91 Å². The van der Waals surface area contributed by atoms with Gasteiger partial charge in [-0.05, 0) is 30.7 Å². The van der Waals surface area contributed by atoms with Gasteiger partial charge in [-0.2, -0.15) is 5.10 Å². The Morgan fingerprint density at radius 2 is 1.71 bits per heavy atom.